The van der Waals surface area contributed by atoms with Gasteiger partial charge in [-0.3, -0.25) is 4.31 Å². The van der Waals surface area contributed by atoms with Gasteiger partial charge >= 0.3 is 0 Å². The van der Waals surface area contributed by atoms with E-state index in [1.165, 1.54) is 4.31 Å². The molecule has 0 saturated carbocycles. The molecule has 0 aliphatic carbocycles. The largest absolute Gasteiger partial charge is 0.378 e. The van der Waals surface area contributed by atoms with Gasteiger partial charge in [-0.1, -0.05) is 17.7 Å². The molecule has 0 radical (unpaired) electrons. The van der Waals surface area contributed by atoms with Crippen LogP contribution in [-0.4, -0.2) is 33.4 Å². The topological polar surface area (TPSA) is 46.6 Å². The first-order valence-electron chi connectivity index (χ1n) is 6.97. The van der Waals surface area contributed by atoms with Crippen LogP contribution in [0.25, 0.3) is 0 Å². The number of ether oxygens (including phenoxy) is 1. The number of nitrogens with zero attached hydrogens (tertiary/aromatic N) is 1. The van der Waals surface area contributed by atoms with Crippen molar-refractivity contribution >= 4 is 27.3 Å². The minimum atomic E-state index is -3.28. The van der Waals surface area contributed by atoms with Gasteiger partial charge in [-0.2, -0.15) is 0 Å². The third-order valence-electron chi connectivity index (χ3n) is 3.99. The van der Waals surface area contributed by atoms with Crippen LogP contribution in [0.4, 0.5) is 5.69 Å². The summed E-state index contributed by atoms with van der Waals surface area (Å²) < 4.78 is 32.0. The van der Waals surface area contributed by atoms with Crippen LogP contribution in [0.1, 0.15) is 24.8 Å². The summed E-state index contributed by atoms with van der Waals surface area (Å²) in [5.41, 5.74) is 1.68. The summed E-state index contributed by atoms with van der Waals surface area (Å²) in [6.07, 6.45) is 3.37. The molecular formula is C14H18ClNO3S. The summed E-state index contributed by atoms with van der Waals surface area (Å²) in [4.78, 5) is 0. The normalized spacial score (nSPS) is 22.2. The SMILES string of the molecule is O=S(=O)(CCC1CCCO1)N1CCc2c(Cl)cccc21. The Balaban J connectivity index is 1.74. The van der Waals surface area contributed by atoms with Gasteiger partial charge in [0.05, 0.1) is 17.5 Å². The minimum Gasteiger partial charge on any atom is -0.378 e. The fourth-order valence-electron chi connectivity index (χ4n) is 2.91. The zero-order valence-electron chi connectivity index (χ0n) is 11.2. The predicted octanol–water partition coefficient (Wildman–Crippen LogP) is 2.60. The van der Waals surface area contributed by atoms with Crippen LogP contribution in [-0.2, 0) is 21.2 Å². The molecule has 3 rings (SSSR count). The maximum Gasteiger partial charge on any atom is 0.235 e. The zero-order chi connectivity index (χ0) is 14.2. The summed E-state index contributed by atoms with van der Waals surface area (Å²) in [5.74, 6) is 0.142. The van der Waals surface area contributed by atoms with Gasteiger partial charge in [0.1, 0.15) is 0 Å². The lowest BCUT2D eigenvalue weighted by molar-refractivity contribution is 0.109. The van der Waals surface area contributed by atoms with E-state index in [1.54, 1.807) is 6.07 Å². The standard InChI is InChI=1S/C14H18ClNO3S/c15-13-4-1-5-14-12(13)6-8-16(14)20(17,18)10-7-11-3-2-9-19-11/h1,4-5,11H,2-3,6-10H2. The Morgan fingerprint density at radius 2 is 2.25 bits per heavy atom. The van der Waals surface area contributed by atoms with E-state index in [1.807, 2.05) is 12.1 Å². The van der Waals surface area contributed by atoms with E-state index in [9.17, 15) is 8.42 Å². The van der Waals surface area contributed by atoms with E-state index in [-0.39, 0.29) is 11.9 Å². The Bertz CT molecular complexity index is 596. The second-order valence-corrected chi connectivity index (χ2v) is 7.72. The molecule has 4 nitrogen and oxygen atoms in total. The maximum absolute atomic E-state index is 12.5. The Labute approximate surface area is 124 Å². The van der Waals surface area contributed by atoms with Crippen molar-refractivity contribution in [2.24, 2.45) is 0 Å². The quantitative estimate of drug-likeness (QED) is 0.858. The number of sulfonamides is 1. The number of hydrogen-bond acceptors (Lipinski definition) is 3. The van der Waals surface area contributed by atoms with Gasteiger partial charge < -0.3 is 4.74 Å². The van der Waals surface area contributed by atoms with Crippen molar-refractivity contribution in [2.45, 2.75) is 31.8 Å². The maximum atomic E-state index is 12.5. The number of anilines is 1. The van der Waals surface area contributed by atoms with Crippen LogP contribution < -0.4 is 4.31 Å². The number of rotatable bonds is 4. The summed E-state index contributed by atoms with van der Waals surface area (Å²) in [6, 6.07) is 5.44. The lowest BCUT2D eigenvalue weighted by atomic mass is 10.2. The molecule has 0 amide bonds. The van der Waals surface area contributed by atoms with E-state index in [0.717, 1.165) is 30.7 Å². The van der Waals surface area contributed by atoms with Gasteiger partial charge in [-0.15, -0.1) is 0 Å². The highest BCUT2D eigenvalue weighted by molar-refractivity contribution is 7.92. The molecule has 0 N–H and O–H groups in total. The molecule has 2 aliphatic heterocycles. The van der Waals surface area contributed by atoms with Crippen LogP contribution in [0.3, 0.4) is 0 Å². The first kappa shape index (κ1) is 14.2. The molecule has 1 atom stereocenters. The van der Waals surface area contributed by atoms with Crippen LogP contribution in [0, 0.1) is 0 Å². The third-order valence-corrected chi connectivity index (χ3v) is 6.14. The lowest BCUT2D eigenvalue weighted by Gasteiger charge is -2.20. The molecule has 1 unspecified atom stereocenters. The van der Waals surface area contributed by atoms with Crippen molar-refractivity contribution in [1.82, 2.24) is 0 Å². The predicted molar refractivity (Wildman–Crippen MR) is 79.9 cm³/mol. The molecule has 20 heavy (non-hydrogen) atoms. The molecule has 1 fully saturated rings. The highest BCUT2D eigenvalue weighted by atomic mass is 35.5. The van der Waals surface area contributed by atoms with Gasteiger partial charge in [0.15, 0.2) is 0 Å². The third kappa shape index (κ3) is 2.67. The average molecular weight is 316 g/mol. The molecule has 0 aromatic heterocycles. The van der Waals surface area contributed by atoms with Crippen LogP contribution in [0.15, 0.2) is 18.2 Å². The number of halogens is 1. The molecule has 2 heterocycles. The molecule has 6 heteroatoms. The summed E-state index contributed by atoms with van der Waals surface area (Å²) in [5, 5.41) is 0.652. The number of fused-ring (bicyclic) bond motifs is 1. The molecule has 0 bridgehead atoms. The molecule has 0 spiro atoms. The monoisotopic (exact) mass is 315 g/mol. The molecule has 2 aliphatic rings. The van der Waals surface area contributed by atoms with Crippen molar-refractivity contribution in [3.8, 4) is 0 Å². The molecule has 1 aromatic carbocycles. The van der Waals surface area contributed by atoms with Crippen LogP contribution in [0.5, 0.6) is 0 Å². The highest BCUT2D eigenvalue weighted by Crippen LogP contribution is 2.35. The van der Waals surface area contributed by atoms with Gasteiger partial charge in [-0.05, 0) is 43.4 Å². The van der Waals surface area contributed by atoms with Crippen LogP contribution in [0.2, 0.25) is 5.02 Å². The van der Waals surface area contributed by atoms with Gasteiger partial charge in [0.2, 0.25) is 10.0 Å². The van der Waals surface area contributed by atoms with Gasteiger partial charge in [0, 0.05) is 18.2 Å². The van der Waals surface area contributed by atoms with Crippen molar-refractivity contribution in [2.75, 3.05) is 23.2 Å². The Kier molecular flexibility index (Phi) is 3.93. The Morgan fingerprint density at radius 1 is 1.40 bits per heavy atom. The van der Waals surface area contributed by atoms with E-state index < -0.39 is 10.0 Å². The Morgan fingerprint density at radius 3 is 3.00 bits per heavy atom. The molecule has 110 valence electrons. The lowest BCUT2D eigenvalue weighted by Crippen LogP contribution is -2.32. The van der Waals surface area contributed by atoms with E-state index in [2.05, 4.69) is 0 Å². The number of hydrogen-bond donors (Lipinski definition) is 0. The average Bonchev–Trinajstić information content (AvgIpc) is 3.06. The van der Waals surface area contributed by atoms with Gasteiger partial charge in [0.25, 0.3) is 0 Å². The van der Waals surface area contributed by atoms with Crippen molar-refractivity contribution in [1.29, 1.82) is 0 Å². The van der Waals surface area contributed by atoms with Crippen molar-refractivity contribution in [3.63, 3.8) is 0 Å². The number of benzene rings is 1. The van der Waals surface area contributed by atoms with Crippen molar-refractivity contribution < 1.29 is 13.2 Å². The molecular weight excluding hydrogens is 298 g/mol. The highest BCUT2D eigenvalue weighted by Gasteiger charge is 2.31. The van der Waals surface area contributed by atoms with Gasteiger partial charge in [-0.25, -0.2) is 8.42 Å². The fraction of sp³-hybridized carbons (Fsp3) is 0.571. The van der Waals surface area contributed by atoms with E-state index >= 15 is 0 Å². The van der Waals surface area contributed by atoms with Crippen molar-refractivity contribution in [3.05, 3.63) is 28.8 Å². The first-order valence-corrected chi connectivity index (χ1v) is 8.96. The first-order chi connectivity index (χ1) is 9.58. The molecule has 1 saturated heterocycles. The summed E-state index contributed by atoms with van der Waals surface area (Å²) in [6.45, 7) is 1.25. The second kappa shape index (κ2) is 5.54. The summed E-state index contributed by atoms with van der Waals surface area (Å²) in [7, 11) is -3.28. The van der Waals surface area contributed by atoms with E-state index in [4.69, 9.17) is 16.3 Å². The minimum absolute atomic E-state index is 0.103. The summed E-state index contributed by atoms with van der Waals surface area (Å²) >= 11 is 6.12. The zero-order valence-corrected chi connectivity index (χ0v) is 12.8. The smallest absolute Gasteiger partial charge is 0.235 e. The van der Waals surface area contributed by atoms with E-state index in [0.29, 0.717) is 24.4 Å². The van der Waals surface area contributed by atoms with Crippen LogP contribution >= 0.6 is 11.6 Å². The second-order valence-electron chi connectivity index (χ2n) is 5.30. The molecule has 1 aromatic rings. The Hall–Kier alpha value is -0.780. The fourth-order valence-corrected chi connectivity index (χ4v) is 4.80.